The van der Waals surface area contributed by atoms with Crippen molar-refractivity contribution in [2.45, 2.75) is 37.8 Å². The number of rotatable bonds is 3. The van der Waals surface area contributed by atoms with Gasteiger partial charge in [-0.1, -0.05) is 5.16 Å². The van der Waals surface area contributed by atoms with Crippen LogP contribution in [0.15, 0.2) is 5.16 Å². The maximum Gasteiger partial charge on any atom is 0.0601 e. The molecule has 4 nitrogen and oxygen atoms in total. The molecular formula is C10H18N2O2. The molecule has 2 aliphatic heterocycles. The molecular weight excluding hydrogens is 180 g/mol. The maximum atomic E-state index is 8.76. The zero-order valence-electron chi connectivity index (χ0n) is 8.65. The predicted molar refractivity (Wildman–Crippen MR) is 53.8 cm³/mol. The van der Waals surface area contributed by atoms with Gasteiger partial charge in [-0.15, -0.1) is 0 Å². The first-order valence-corrected chi connectivity index (χ1v) is 5.29. The van der Waals surface area contributed by atoms with Crippen molar-refractivity contribution in [2.75, 3.05) is 20.3 Å². The molecule has 2 unspecified atom stereocenters. The van der Waals surface area contributed by atoms with Gasteiger partial charge in [0, 0.05) is 38.6 Å². The highest BCUT2D eigenvalue weighted by Gasteiger charge is 2.38. The van der Waals surface area contributed by atoms with Gasteiger partial charge in [-0.25, -0.2) is 0 Å². The second-order valence-electron chi connectivity index (χ2n) is 4.19. The van der Waals surface area contributed by atoms with E-state index in [9.17, 15) is 0 Å². The molecule has 2 heterocycles. The van der Waals surface area contributed by atoms with Crippen LogP contribution in [0.2, 0.25) is 0 Å². The van der Waals surface area contributed by atoms with E-state index in [1.54, 1.807) is 7.11 Å². The van der Waals surface area contributed by atoms with Gasteiger partial charge in [0.05, 0.1) is 12.3 Å². The van der Waals surface area contributed by atoms with Gasteiger partial charge >= 0.3 is 0 Å². The fraction of sp³-hybridized carbons (Fsp3) is 0.900. The van der Waals surface area contributed by atoms with E-state index < -0.39 is 0 Å². The van der Waals surface area contributed by atoms with E-state index in [2.05, 4.69) is 10.1 Å². The summed E-state index contributed by atoms with van der Waals surface area (Å²) in [7, 11) is 1.74. The van der Waals surface area contributed by atoms with Crippen molar-refractivity contribution in [2.24, 2.45) is 5.16 Å². The summed E-state index contributed by atoms with van der Waals surface area (Å²) in [4.78, 5) is 2.51. The number of nitrogens with zero attached hydrogens (tertiary/aromatic N) is 2. The van der Waals surface area contributed by atoms with Crippen LogP contribution in [0.5, 0.6) is 0 Å². The van der Waals surface area contributed by atoms with E-state index in [1.165, 1.54) is 12.8 Å². The lowest BCUT2D eigenvalue weighted by molar-refractivity contribution is 0.111. The molecule has 1 N–H and O–H groups in total. The molecule has 4 heteroatoms. The summed E-state index contributed by atoms with van der Waals surface area (Å²) in [5.41, 5.74) is 0.978. The van der Waals surface area contributed by atoms with E-state index in [0.717, 1.165) is 31.7 Å². The number of methoxy groups -OCH3 is 1. The molecule has 0 amide bonds. The summed E-state index contributed by atoms with van der Waals surface area (Å²) < 4.78 is 5.10. The van der Waals surface area contributed by atoms with Crippen LogP contribution in [0.3, 0.4) is 0 Å². The Labute approximate surface area is 84.5 Å². The van der Waals surface area contributed by atoms with Crippen LogP contribution in [-0.4, -0.2) is 48.2 Å². The summed E-state index contributed by atoms with van der Waals surface area (Å²) in [6, 6.07) is 1.18. The quantitative estimate of drug-likeness (QED) is 0.545. The highest BCUT2D eigenvalue weighted by atomic mass is 16.5. The molecule has 0 spiro atoms. The van der Waals surface area contributed by atoms with Gasteiger partial charge in [0.1, 0.15) is 0 Å². The zero-order valence-corrected chi connectivity index (χ0v) is 8.65. The molecule has 0 aromatic heterocycles. The Kier molecular flexibility index (Phi) is 3.03. The van der Waals surface area contributed by atoms with Crippen LogP contribution < -0.4 is 0 Å². The van der Waals surface area contributed by atoms with Gasteiger partial charge in [-0.2, -0.15) is 0 Å². The van der Waals surface area contributed by atoms with Gasteiger partial charge in [0.2, 0.25) is 0 Å². The fourth-order valence-electron chi connectivity index (χ4n) is 2.72. The highest BCUT2D eigenvalue weighted by Crippen LogP contribution is 2.33. The SMILES string of the molecule is COCCN1C2CCC1CC(=NO)C2. The summed E-state index contributed by atoms with van der Waals surface area (Å²) in [5, 5.41) is 12.1. The number of piperidine rings is 1. The van der Waals surface area contributed by atoms with Gasteiger partial charge in [0.25, 0.3) is 0 Å². The van der Waals surface area contributed by atoms with Crippen LogP contribution in [0.25, 0.3) is 0 Å². The maximum absolute atomic E-state index is 8.76. The van der Waals surface area contributed by atoms with Gasteiger partial charge < -0.3 is 9.94 Å². The number of hydrogen-bond acceptors (Lipinski definition) is 4. The Hall–Kier alpha value is -0.610. The molecule has 2 saturated heterocycles. The van der Waals surface area contributed by atoms with Gasteiger partial charge in [-0.05, 0) is 12.8 Å². The molecule has 0 aromatic carbocycles. The lowest BCUT2D eigenvalue weighted by Gasteiger charge is -2.34. The van der Waals surface area contributed by atoms with Crippen molar-refractivity contribution in [1.82, 2.24) is 4.90 Å². The standard InChI is InChI=1S/C10H18N2O2/c1-14-5-4-12-9-2-3-10(12)7-8(6-9)11-13/h9-10,13H,2-7H2,1H3. The Morgan fingerprint density at radius 3 is 2.57 bits per heavy atom. The van der Waals surface area contributed by atoms with Gasteiger partial charge in [0.15, 0.2) is 0 Å². The first kappa shape index (κ1) is 9.93. The minimum Gasteiger partial charge on any atom is -0.411 e. The summed E-state index contributed by atoms with van der Waals surface area (Å²) in [6.45, 7) is 1.82. The fourth-order valence-corrected chi connectivity index (χ4v) is 2.72. The van der Waals surface area contributed by atoms with E-state index in [1.807, 2.05) is 0 Å². The molecule has 0 aromatic rings. The first-order valence-electron chi connectivity index (χ1n) is 5.29. The average molecular weight is 198 g/mol. The molecule has 80 valence electrons. The molecule has 2 rings (SSSR count). The van der Waals surface area contributed by atoms with Crippen molar-refractivity contribution in [3.8, 4) is 0 Å². The molecule has 2 atom stereocenters. The third-order valence-electron chi connectivity index (χ3n) is 3.41. The number of oxime groups is 1. The minimum absolute atomic E-state index is 0.592. The Bertz CT molecular complexity index is 214. The number of hydrogen-bond donors (Lipinski definition) is 1. The summed E-state index contributed by atoms with van der Waals surface area (Å²) in [5.74, 6) is 0. The highest BCUT2D eigenvalue weighted by molar-refractivity contribution is 5.86. The van der Waals surface area contributed by atoms with Crippen molar-refractivity contribution in [3.05, 3.63) is 0 Å². The summed E-state index contributed by atoms with van der Waals surface area (Å²) >= 11 is 0. The molecule has 0 radical (unpaired) electrons. The van der Waals surface area contributed by atoms with Crippen LogP contribution in [0.1, 0.15) is 25.7 Å². The Morgan fingerprint density at radius 1 is 1.43 bits per heavy atom. The Balaban J connectivity index is 1.96. The second kappa shape index (κ2) is 4.28. The third-order valence-corrected chi connectivity index (χ3v) is 3.41. The van der Waals surface area contributed by atoms with E-state index in [-0.39, 0.29) is 0 Å². The molecule has 0 aliphatic carbocycles. The van der Waals surface area contributed by atoms with Crippen LogP contribution in [0.4, 0.5) is 0 Å². The largest absolute Gasteiger partial charge is 0.411 e. The molecule has 2 fully saturated rings. The summed E-state index contributed by atoms with van der Waals surface area (Å²) in [6.07, 6.45) is 4.37. The molecule has 2 aliphatic rings. The number of ether oxygens (including phenoxy) is 1. The molecule has 2 bridgehead atoms. The lowest BCUT2D eigenvalue weighted by Crippen LogP contribution is -2.44. The van der Waals surface area contributed by atoms with Crippen LogP contribution >= 0.6 is 0 Å². The third kappa shape index (κ3) is 1.77. The normalized spacial score (nSPS) is 32.2. The van der Waals surface area contributed by atoms with E-state index in [0.29, 0.717) is 12.1 Å². The first-order chi connectivity index (χ1) is 6.85. The lowest BCUT2D eigenvalue weighted by atomic mass is 10.0. The smallest absolute Gasteiger partial charge is 0.0601 e. The van der Waals surface area contributed by atoms with Crippen molar-refractivity contribution in [1.29, 1.82) is 0 Å². The zero-order chi connectivity index (χ0) is 9.97. The van der Waals surface area contributed by atoms with Crippen LogP contribution in [-0.2, 0) is 4.74 Å². The predicted octanol–water partition coefficient (Wildman–Crippen LogP) is 1.09. The monoisotopic (exact) mass is 198 g/mol. The van der Waals surface area contributed by atoms with E-state index in [4.69, 9.17) is 9.94 Å². The topological polar surface area (TPSA) is 45.1 Å². The second-order valence-corrected chi connectivity index (χ2v) is 4.19. The molecule has 0 saturated carbocycles. The average Bonchev–Trinajstić information content (AvgIpc) is 2.46. The molecule has 14 heavy (non-hydrogen) atoms. The Morgan fingerprint density at radius 2 is 2.07 bits per heavy atom. The van der Waals surface area contributed by atoms with Gasteiger partial charge in [-0.3, -0.25) is 4.90 Å². The van der Waals surface area contributed by atoms with Crippen molar-refractivity contribution in [3.63, 3.8) is 0 Å². The number of fused-ring (bicyclic) bond motifs is 2. The van der Waals surface area contributed by atoms with Crippen molar-refractivity contribution < 1.29 is 9.94 Å². The van der Waals surface area contributed by atoms with Crippen molar-refractivity contribution >= 4 is 5.71 Å². The van der Waals surface area contributed by atoms with Crippen LogP contribution in [0, 0.1) is 0 Å². The van der Waals surface area contributed by atoms with E-state index >= 15 is 0 Å². The minimum atomic E-state index is 0.592.